The van der Waals surface area contributed by atoms with E-state index in [4.69, 9.17) is 4.74 Å². The number of hydrogen-bond acceptors (Lipinski definition) is 6. The van der Waals surface area contributed by atoms with Crippen molar-refractivity contribution in [2.45, 2.75) is 39.3 Å². The maximum atomic E-state index is 12.8. The smallest absolute Gasteiger partial charge is 0.281 e. The Kier molecular flexibility index (Phi) is 5.14. The Bertz CT molecular complexity index is 950. The van der Waals surface area contributed by atoms with Gasteiger partial charge >= 0.3 is 0 Å². The molecule has 1 fully saturated rings. The Morgan fingerprint density at radius 2 is 2.19 bits per heavy atom. The summed E-state index contributed by atoms with van der Waals surface area (Å²) < 4.78 is 6.70. The molecule has 0 saturated carbocycles. The monoisotopic (exact) mass is 352 g/mol. The molecule has 0 bridgehead atoms. The van der Waals surface area contributed by atoms with E-state index in [1.807, 2.05) is 31.2 Å². The molecule has 0 spiro atoms. The second kappa shape index (κ2) is 7.50. The first kappa shape index (κ1) is 17.8. The zero-order chi connectivity index (χ0) is 18.7. The van der Waals surface area contributed by atoms with E-state index < -0.39 is 5.56 Å². The van der Waals surface area contributed by atoms with Crippen LogP contribution in [0.5, 0.6) is 5.88 Å². The molecule has 1 unspecified atom stereocenters. The van der Waals surface area contributed by atoms with Gasteiger partial charge in [-0.2, -0.15) is 10.4 Å². The number of benzene rings is 1. The highest BCUT2D eigenvalue weighted by molar-refractivity contribution is 5.56. The minimum absolute atomic E-state index is 0.0285. The highest BCUT2D eigenvalue weighted by Gasteiger charge is 2.23. The predicted molar refractivity (Wildman–Crippen MR) is 96.1 cm³/mol. The molecule has 0 radical (unpaired) electrons. The van der Waals surface area contributed by atoms with Crippen LogP contribution in [0.4, 0.5) is 11.4 Å². The van der Waals surface area contributed by atoms with Crippen molar-refractivity contribution in [3.63, 3.8) is 0 Å². The lowest BCUT2D eigenvalue weighted by Crippen LogP contribution is -2.27. The number of rotatable bonds is 4. The Morgan fingerprint density at radius 1 is 1.38 bits per heavy atom. The molecule has 2 aromatic rings. The van der Waals surface area contributed by atoms with Crippen LogP contribution in [0.25, 0.3) is 0 Å². The van der Waals surface area contributed by atoms with Crippen molar-refractivity contribution in [1.29, 1.82) is 5.26 Å². The van der Waals surface area contributed by atoms with E-state index in [-0.39, 0.29) is 29.8 Å². The molecule has 1 aromatic heterocycles. The normalized spacial score (nSPS) is 16.9. The molecule has 2 heterocycles. The van der Waals surface area contributed by atoms with E-state index in [1.54, 1.807) is 13.0 Å². The number of aromatic nitrogens is 1. The van der Waals surface area contributed by atoms with Crippen molar-refractivity contribution in [2.24, 2.45) is 10.2 Å². The van der Waals surface area contributed by atoms with Gasteiger partial charge in [-0.3, -0.25) is 9.36 Å². The molecule has 1 saturated heterocycles. The van der Waals surface area contributed by atoms with E-state index in [1.165, 1.54) is 0 Å². The molecule has 1 aromatic carbocycles. The van der Waals surface area contributed by atoms with Gasteiger partial charge in [-0.25, -0.2) is 0 Å². The van der Waals surface area contributed by atoms with Gasteiger partial charge in [0, 0.05) is 12.2 Å². The third-order valence-corrected chi connectivity index (χ3v) is 4.45. The Morgan fingerprint density at radius 3 is 2.85 bits per heavy atom. The van der Waals surface area contributed by atoms with Gasteiger partial charge in [-0.05, 0) is 44.4 Å². The summed E-state index contributed by atoms with van der Waals surface area (Å²) in [6.45, 7) is 4.34. The lowest BCUT2D eigenvalue weighted by molar-refractivity contribution is 0.0939. The summed E-state index contributed by atoms with van der Waals surface area (Å²) in [5, 5.41) is 28.0. The number of pyridine rings is 1. The van der Waals surface area contributed by atoms with Crippen LogP contribution in [0.1, 0.15) is 29.5 Å². The van der Waals surface area contributed by atoms with Crippen molar-refractivity contribution < 1.29 is 9.84 Å². The molecule has 0 amide bonds. The summed E-state index contributed by atoms with van der Waals surface area (Å²) in [4.78, 5) is 12.8. The molecule has 7 nitrogen and oxygen atoms in total. The van der Waals surface area contributed by atoms with Crippen molar-refractivity contribution in [1.82, 2.24) is 4.57 Å². The predicted octanol–water partition coefficient (Wildman–Crippen LogP) is 3.64. The first-order valence-electron chi connectivity index (χ1n) is 8.47. The summed E-state index contributed by atoms with van der Waals surface area (Å²) in [5.74, 6) is -0.347. The number of aromatic hydroxyl groups is 1. The van der Waals surface area contributed by atoms with E-state index >= 15 is 0 Å². The summed E-state index contributed by atoms with van der Waals surface area (Å²) in [6.07, 6.45) is 1.56. The largest absolute Gasteiger partial charge is 0.493 e. The average molecular weight is 352 g/mol. The van der Waals surface area contributed by atoms with Crippen LogP contribution in [-0.2, 0) is 11.3 Å². The van der Waals surface area contributed by atoms with Gasteiger partial charge in [0.05, 0.1) is 18.3 Å². The van der Waals surface area contributed by atoms with Crippen LogP contribution in [-0.4, -0.2) is 22.4 Å². The summed E-state index contributed by atoms with van der Waals surface area (Å²) in [6, 6.07) is 9.36. The van der Waals surface area contributed by atoms with Crippen molar-refractivity contribution in [2.75, 3.05) is 6.61 Å². The van der Waals surface area contributed by atoms with Crippen LogP contribution in [0.3, 0.4) is 0 Å². The van der Waals surface area contributed by atoms with E-state index in [2.05, 4.69) is 10.2 Å². The van der Waals surface area contributed by atoms with Crippen molar-refractivity contribution in [3.8, 4) is 11.9 Å². The summed E-state index contributed by atoms with van der Waals surface area (Å²) in [7, 11) is 0. The number of aryl methyl sites for hydroxylation is 1. The Balaban J connectivity index is 2.06. The first-order valence-corrected chi connectivity index (χ1v) is 8.47. The second-order valence-electron chi connectivity index (χ2n) is 6.37. The molecule has 134 valence electrons. The maximum absolute atomic E-state index is 12.8. The van der Waals surface area contributed by atoms with E-state index in [0.717, 1.165) is 23.0 Å². The third-order valence-electron chi connectivity index (χ3n) is 4.45. The van der Waals surface area contributed by atoms with Gasteiger partial charge in [0.2, 0.25) is 5.88 Å². The van der Waals surface area contributed by atoms with Crippen LogP contribution in [0.2, 0.25) is 0 Å². The topological polar surface area (TPSA) is 100.0 Å². The van der Waals surface area contributed by atoms with Gasteiger partial charge < -0.3 is 9.84 Å². The minimum Gasteiger partial charge on any atom is -0.493 e. The number of azo groups is 1. The molecule has 1 atom stereocenters. The SMILES string of the molecule is Cc1cccc(N=Nc2c(C)c(C#N)c(O)n(CC3CCCO3)c2=O)c1. The third kappa shape index (κ3) is 3.51. The lowest BCUT2D eigenvalue weighted by Gasteiger charge is -2.16. The summed E-state index contributed by atoms with van der Waals surface area (Å²) in [5.41, 5.74) is 1.55. The maximum Gasteiger partial charge on any atom is 0.281 e. The van der Waals surface area contributed by atoms with Crippen LogP contribution >= 0.6 is 0 Å². The zero-order valence-corrected chi connectivity index (χ0v) is 14.8. The van der Waals surface area contributed by atoms with Gasteiger partial charge in [-0.1, -0.05) is 12.1 Å². The number of nitrogens with zero attached hydrogens (tertiary/aromatic N) is 4. The highest BCUT2D eigenvalue weighted by Crippen LogP contribution is 2.28. The Labute approximate surface area is 151 Å². The summed E-state index contributed by atoms with van der Waals surface area (Å²) >= 11 is 0. The average Bonchev–Trinajstić information content (AvgIpc) is 3.12. The molecule has 26 heavy (non-hydrogen) atoms. The van der Waals surface area contributed by atoms with Crippen molar-refractivity contribution >= 4 is 11.4 Å². The van der Waals surface area contributed by atoms with Gasteiger partial charge in [0.25, 0.3) is 5.56 Å². The number of nitriles is 1. The standard InChI is InChI=1S/C19H20N4O3/c1-12-5-3-6-14(9-12)21-22-17-13(2)16(10-20)18(24)23(19(17)25)11-15-7-4-8-26-15/h3,5-6,9,15,24H,4,7-8,11H2,1-2H3. The molecule has 1 aliphatic heterocycles. The fraction of sp³-hybridized carbons (Fsp3) is 0.368. The van der Waals surface area contributed by atoms with Crippen LogP contribution in [0.15, 0.2) is 39.3 Å². The van der Waals surface area contributed by atoms with Gasteiger partial charge in [-0.15, -0.1) is 5.11 Å². The molecular weight excluding hydrogens is 332 g/mol. The van der Waals surface area contributed by atoms with Crippen molar-refractivity contribution in [3.05, 3.63) is 51.3 Å². The van der Waals surface area contributed by atoms with E-state index in [0.29, 0.717) is 17.9 Å². The molecule has 3 rings (SSSR count). The van der Waals surface area contributed by atoms with Gasteiger partial charge in [0.1, 0.15) is 11.6 Å². The fourth-order valence-electron chi connectivity index (χ4n) is 3.02. The minimum atomic E-state index is -0.481. The molecule has 7 heteroatoms. The fourth-order valence-corrected chi connectivity index (χ4v) is 3.02. The Hall–Kier alpha value is -2.98. The number of ether oxygens (including phenoxy) is 1. The number of hydrogen-bond donors (Lipinski definition) is 1. The lowest BCUT2D eigenvalue weighted by atomic mass is 10.1. The van der Waals surface area contributed by atoms with Gasteiger partial charge in [0.15, 0.2) is 5.69 Å². The highest BCUT2D eigenvalue weighted by atomic mass is 16.5. The molecular formula is C19H20N4O3. The van der Waals surface area contributed by atoms with E-state index in [9.17, 15) is 15.2 Å². The van der Waals surface area contributed by atoms with Crippen LogP contribution in [0, 0.1) is 25.2 Å². The molecule has 1 aliphatic rings. The first-order chi connectivity index (χ1) is 12.5. The van der Waals surface area contributed by atoms with Crippen LogP contribution < -0.4 is 5.56 Å². The molecule has 0 aliphatic carbocycles. The molecule has 1 N–H and O–H groups in total. The quantitative estimate of drug-likeness (QED) is 0.849. The second-order valence-corrected chi connectivity index (χ2v) is 6.37. The zero-order valence-electron chi connectivity index (χ0n) is 14.8.